The predicted octanol–water partition coefficient (Wildman–Crippen LogP) is 0.812. The van der Waals surface area contributed by atoms with Crippen molar-refractivity contribution < 1.29 is 9.53 Å². The van der Waals surface area contributed by atoms with E-state index in [-0.39, 0.29) is 5.91 Å². The summed E-state index contributed by atoms with van der Waals surface area (Å²) in [4.78, 5) is 11.2. The molecule has 2 saturated carbocycles. The molecule has 3 rings (SSSR count). The average molecular weight is 238 g/mol. The molecule has 3 fully saturated rings. The molecule has 4 nitrogen and oxygen atoms in total. The molecule has 3 atom stereocenters. The first-order chi connectivity index (χ1) is 8.24. The van der Waals surface area contributed by atoms with Crippen molar-refractivity contribution in [2.24, 2.45) is 5.41 Å². The number of carbonyl (C=O) groups excluding carboxylic acids is 1. The van der Waals surface area contributed by atoms with Gasteiger partial charge in [0.1, 0.15) is 0 Å². The molecule has 2 aliphatic carbocycles. The van der Waals surface area contributed by atoms with Crippen molar-refractivity contribution in [2.75, 3.05) is 13.2 Å². The lowest BCUT2D eigenvalue weighted by atomic mass is 9.51. The van der Waals surface area contributed by atoms with Crippen molar-refractivity contribution in [3.05, 3.63) is 0 Å². The highest BCUT2D eigenvalue weighted by Crippen LogP contribution is 2.57. The van der Waals surface area contributed by atoms with E-state index in [1.165, 1.54) is 19.3 Å². The quantitative estimate of drug-likeness (QED) is 0.762. The molecule has 2 N–H and O–H groups in total. The Labute approximate surface area is 102 Å². The average Bonchev–Trinajstić information content (AvgIpc) is 2.60. The lowest BCUT2D eigenvalue weighted by Crippen LogP contribution is -2.68. The Morgan fingerprint density at radius 3 is 2.88 bits per heavy atom. The molecule has 96 valence electrons. The molecule has 0 aromatic rings. The van der Waals surface area contributed by atoms with E-state index < -0.39 is 0 Å². The number of carbonyl (C=O) groups is 1. The zero-order chi connectivity index (χ0) is 11.9. The number of ether oxygens (including phenoxy) is 1. The first-order valence-corrected chi connectivity index (χ1v) is 6.89. The van der Waals surface area contributed by atoms with Crippen LogP contribution in [0.2, 0.25) is 0 Å². The Morgan fingerprint density at radius 2 is 2.35 bits per heavy atom. The Kier molecular flexibility index (Phi) is 2.87. The van der Waals surface area contributed by atoms with Gasteiger partial charge in [-0.05, 0) is 26.2 Å². The summed E-state index contributed by atoms with van der Waals surface area (Å²) in [5.74, 6) is 0.186. The van der Waals surface area contributed by atoms with Gasteiger partial charge in [0.15, 0.2) is 0 Å². The third-order valence-corrected chi connectivity index (χ3v) is 4.85. The van der Waals surface area contributed by atoms with Gasteiger partial charge < -0.3 is 15.4 Å². The van der Waals surface area contributed by atoms with Gasteiger partial charge in [-0.25, -0.2) is 0 Å². The van der Waals surface area contributed by atoms with Crippen molar-refractivity contribution in [1.29, 1.82) is 0 Å². The van der Waals surface area contributed by atoms with E-state index in [0.717, 1.165) is 19.6 Å². The van der Waals surface area contributed by atoms with Crippen LogP contribution in [-0.4, -0.2) is 37.2 Å². The predicted molar refractivity (Wildman–Crippen MR) is 64.7 cm³/mol. The summed E-state index contributed by atoms with van der Waals surface area (Å²) < 4.78 is 5.83. The SMILES string of the molecule is CCOC1CC(NC2CNC(=O)C2)C12CCC2. The molecule has 3 unspecified atom stereocenters. The zero-order valence-corrected chi connectivity index (χ0v) is 10.5. The van der Waals surface area contributed by atoms with E-state index in [0.29, 0.717) is 30.0 Å². The highest BCUT2D eigenvalue weighted by atomic mass is 16.5. The second kappa shape index (κ2) is 4.25. The fraction of sp³-hybridized carbons (Fsp3) is 0.923. The van der Waals surface area contributed by atoms with Crippen LogP contribution < -0.4 is 10.6 Å². The van der Waals surface area contributed by atoms with Crippen LogP contribution >= 0.6 is 0 Å². The van der Waals surface area contributed by atoms with Crippen molar-refractivity contribution in [1.82, 2.24) is 10.6 Å². The number of amides is 1. The Morgan fingerprint density at radius 1 is 1.53 bits per heavy atom. The van der Waals surface area contributed by atoms with Gasteiger partial charge in [0.05, 0.1) is 6.10 Å². The van der Waals surface area contributed by atoms with Crippen molar-refractivity contribution in [2.45, 2.75) is 57.2 Å². The summed E-state index contributed by atoms with van der Waals surface area (Å²) in [7, 11) is 0. The first-order valence-electron chi connectivity index (χ1n) is 6.89. The second-order valence-electron chi connectivity index (χ2n) is 5.69. The largest absolute Gasteiger partial charge is 0.378 e. The fourth-order valence-electron chi connectivity index (χ4n) is 3.68. The second-order valence-corrected chi connectivity index (χ2v) is 5.69. The van der Waals surface area contributed by atoms with E-state index in [1.54, 1.807) is 0 Å². The Balaban J connectivity index is 1.56. The lowest BCUT2D eigenvalue weighted by molar-refractivity contribution is -0.174. The van der Waals surface area contributed by atoms with Crippen LogP contribution in [0, 0.1) is 5.41 Å². The molecule has 0 aromatic carbocycles. The maximum absolute atomic E-state index is 11.2. The van der Waals surface area contributed by atoms with E-state index in [1.807, 2.05) is 0 Å². The molecule has 1 amide bonds. The van der Waals surface area contributed by atoms with Gasteiger partial charge in [-0.15, -0.1) is 0 Å². The zero-order valence-electron chi connectivity index (χ0n) is 10.5. The standard InChI is InChI=1S/C13H22N2O2/c1-2-17-11-7-10(13(11)4-3-5-13)15-9-6-12(16)14-8-9/h9-11,15H,2-8H2,1H3,(H,14,16). The van der Waals surface area contributed by atoms with Crippen LogP contribution in [-0.2, 0) is 9.53 Å². The summed E-state index contributed by atoms with van der Waals surface area (Å²) in [5.41, 5.74) is 0.404. The van der Waals surface area contributed by atoms with E-state index in [9.17, 15) is 4.79 Å². The molecule has 4 heteroatoms. The van der Waals surface area contributed by atoms with Crippen LogP contribution in [0.5, 0.6) is 0 Å². The number of hydrogen-bond acceptors (Lipinski definition) is 3. The van der Waals surface area contributed by atoms with Crippen LogP contribution in [0.4, 0.5) is 0 Å². The molecular weight excluding hydrogens is 216 g/mol. The summed E-state index contributed by atoms with van der Waals surface area (Å²) in [6, 6.07) is 0.915. The first kappa shape index (κ1) is 11.5. The smallest absolute Gasteiger partial charge is 0.221 e. The maximum Gasteiger partial charge on any atom is 0.221 e. The molecule has 3 aliphatic rings. The number of rotatable bonds is 4. The van der Waals surface area contributed by atoms with E-state index >= 15 is 0 Å². The monoisotopic (exact) mass is 238 g/mol. The van der Waals surface area contributed by atoms with Gasteiger partial charge in [-0.1, -0.05) is 6.42 Å². The van der Waals surface area contributed by atoms with Crippen LogP contribution in [0.3, 0.4) is 0 Å². The Hall–Kier alpha value is -0.610. The number of hydrogen-bond donors (Lipinski definition) is 2. The molecule has 1 aliphatic heterocycles. The van der Waals surface area contributed by atoms with Crippen molar-refractivity contribution in [3.8, 4) is 0 Å². The molecular formula is C13H22N2O2. The van der Waals surface area contributed by atoms with Crippen LogP contribution in [0.15, 0.2) is 0 Å². The lowest BCUT2D eigenvalue weighted by Gasteiger charge is -2.61. The fourth-order valence-corrected chi connectivity index (χ4v) is 3.68. The van der Waals surface area contributed by atoms with E-state index in [2.05, 4.69) is 17.6 Å². The maximum atomic E-state index is 11.2. The minimum absolute atomic E-state index is 0.186. The topological polar surface area (TPSA) is 50.4 Å². The third-order valence-electron chi connectivity index (χ3n) is 4.85. The van der Waals surface area contributed by atoms with Crippen molar-refractivity contribution >= 4 is 5.91 Å². The molecule has 1 heterocycles. The molecule has 0 radical (unpaired) electrons. The minimum Gasteiger partial charge on any atom is -0.378 e. The number of nitrogens with one attached hydrogen (secondary N) is 2. The molecule has 1 saturated heterocycles. The van der Waals surface area contributed by atoms with Crippen LogP contribution in [0.25, 0.3) is 0 Å². The normalized spacial score (nSPS) is 38.6. The molecule has 1 spiro atoms. The minimum atomic E-state index is 0.186. The third kappa shape index (κ3) is 1.78. The van der Waals surface area contributed by atoms with Gasteiger partial charge in [0.25, 0.3) is 0 Å². The summed E-state index contributed by atoms with van der Waals surface area (Å²) in [5, 5.41) is 6.55. The highest BCUT2D eigenvalue weighted by molar-refractivity contribution is 5.78. The molecule has 0 bridgehead atoms. The summed E-state index contributed by atoms with van der Waals surface area (Å²) in [6.07, 6.45) is 6.16. The van der Waals surface area contributed by atoms with Gasteiger partial charge in [0.2, 0.25) is 5.91 Å². The Bertz CT molecular complexity index is 315. The van der Waals surface area contributed by atoms with Gasteiger partial charge >= 0.3 is 0 Å². The highest BCUT2D eigenvalue weighted by Gasteiger charge is 2.59. The van der Waals surface area contributed by atoms with Gasteiger partial charge in [-0.3, -0.25) is 4.79 Å². The summed E-state index contributed by atoms with van der Waals surface area (Å²) >= 11 is 0. The molecule has 17 heavy (non-hydrogen) atoms. The van der Waals surface area contributed by atoms with E-state index in [4.69, 9.17) is 4.74 Å². The van der Waals surface area contributed by atoms with Gasteiger partial charge in [0, 0.05) is 37.1 Å². The van der Waals surface area contributed by atoms with Crippen LogP contribution in [0.1, 0.15) is 39.0 Å². The van der Waals surface area contributed by atoms with Crippen molar-refractivity contribution in [3.63, 3.8) is 0 Å². The summed E-state index contributed by atoms with van der Waals surface area (Å²) in [6.45, 7) is 3.69. The van der Waals surface area contributed by atoms with Gasteiger partial charge in [-0.2, -0.15) is 0 Å². The molecule has 0 aromatic heterocycles.